The van der Waals surface area contributed by atoms with Crippen molar-refractivity contribution in [3.05, 3.63) is 108 Å². The number of aliphatic hydroxyl groups is 1. The van der Waals surface area contributed by atoms with E-state index in [2.05, 4.69) is 15.6 Å². The van der Waals surface area contributed by atoms with Crippen molar-refractivity contribution < 1.29 is 14.6 Å². The van der Waals surface area contributed by atoms with Crippen molar-refractivity contribution in [2.75, 3.05) is 23.8 Å². The molecule has 3 N–H and O–H groups in total. The number of nitrogens with one attached hydrogen (secondary N) is 2. The summed E-state index contributed by atoms with van der Waals surface area (Å²) in [7, 11) is 0. The number of hydrogen-bond acceptors (Lipinski definition) is 5. The molecule has 204 valence electrons. The van der Waals surface area contributed by atoms with Gasteiger partial charge in [0.15, 0.2) is 0 Å². The summed E-state index contributed by atoms with van der Waals surface area (Å²) in [5.41, 5.74) is 3.84. The van der Waals surface area contributed by atoms with Crippen LogP contribution in [0.5, 0.6) is 5.75 Å². The van der Waals surface area contributed by atoms with Gasteiger partial charge in [-0.2, -0.15) is 5.10 Å². The molecule has 0 bridgehead atoms. The molecule has 0 atom stereocenters. The third-order valence-electron chi connectivity index (χ3n) is 6.85. The molecule has 8 heteroatoms. The first kappa shape index (κ1) is 26.9. The molecule has 0 saturated carbocycles. The summed E-state index contributed by atoms with van der Waals surface area (Å²) in [6, 6.07) is 24.8. The van der Waals surface area contributed by atoms with Gasteiger partial charge >= 0.3 is 6.03 Å². The van der Waals surface area contributed by atoms with Gasteiger partial charge in [-0.25, -0.2) is 9.48 Å². The number of pyridine rings is 1. The number of carbonyl (C=O) groups is 1. The number of urea groups is 1. The second-order valence-electron chi connectivity index (χ2n) is 10.4. The highest BCUT2D eigenvalue weighted by atomic mass is 16.5. The number of nitrogens with zero attached hydrogens (tertiary/aromatic N) is 3. The van der Waals surface area contributed by atoms with Crippen LogP contribution in [0.2, 0.25) is 0 Å². The largest absolute Gasteiger partial charge is 0.493 e. The molecule has 8 nitrogen and oxygen atoms in total. The number of rotatable bonds is 9. The molecule has 0 saturated heterocycles. The van der Waals surface area contributed by atoms with Crippen LogP contribution in [0.3, 0.4) is 0 Å². The Hall–Kier alpha value is -4.69. The topological polar surface area (TPSA) is 101 Å². The number of carbonyl (C=O) groups excluding carboxylic acids is 1. The molecule has 5 rings (SSSR count). The van der Waals surface area contributed by atoms with Crippen molar-refractivity contribution in [1.29, 1.82) is 0 Å². The van der Waals surface area contributed by atoms with E-state index >= 15 is 0 Å². The lowest BCUT2D eigenvalue weighted by atomic mass is 9.91. The van der Waals surface area contributed by atoms with Crippen LogP contribution in [0, 0.1) is 6.92 Å². The third kappa shape index (κ3) is 5.97. The number of aryl methyl sites for hydroxylation is 1. The average Bonchev–Trinajstić information content (AvgIpc) is 3.39. The molecule has 3 aromatic carbocycles. The summed E-state index contributed by atoms with van der Waals surface area (Å²) in [6.07, 6.45) is 4.32. The Labute approximate surface area is 233 Å². The number of ether oxygens (including phenoxy) is 1. The number of amides is 2. The quantitative estimate of drug-likeness (QED) is 0.207. The number of aromatic nitrogens is 3. The number of benzene rings is 3. The Bertz CT molecular complexity index is 1610. The second kappa shape index (κ2) is 11.6. The molecule has 2 aromatic heterocycles. The Morgan fingerprint density at radius 1 is 0.950 bits per heavy atom. The minimum absolute atomic E-state index is 0.0769. The molecule has 0 radical (unpaired) electrons. The van der Waals surface area contributed by atoms with Gasteiger partial charge in [-0.1, -0.05) is 55.8 Å². The van der Waals surface area contributed by atoms with Crippen LogP contribution < -0.4 is 15.4 Å². The number of fused-ring (bicyclic) bond motifs is 1. The smallest absolute Gasteiger partial charge is 0.324 e. The van der Waals surface area contributed by atoms with E-state index in [1.165, 1.54) is 0 Å². The van der Waals surface area contributed by atoms with Crippen molar-refractivity contribution in [2.45, 2.75) is 32.6 Å². The van der Waals surface area contributed by atoms with E-state index in [4.69, 9.17) is 9.84 Å². The summed E-state index contributed by atoms with van der Waals surface area (Å²) in [4.78, 5) is 17.3. The van der Waals surface area contributed by atoms with Crippen LogP contribution in [-0.4, -0.2) is 39.1 Å². The van der Waals surface area contributed by atoms with E-state index in [1.807, 2.05) is 93.6 Å². The van der Waals surface area contributed by atoms with Crippen LogP contribution in [0.1, 0.15) is 30.7 Å². The summed E-state index contributed by atoms with van der Waals surface area (Å²) in [5.74, 6) is 1.25. The second-order valence-corrected chi connectivity index (χ2v) is 10.4. The SMILES string of the molecule is Cc1ccc(-n2nc(C(C)(C)CO)cc2NC(=O)Nc2ccc(OCCc3ccncc3)c3ccccc23)cc1. The van der Waals surface area contributed by atoms with Gasteiger partial charge in [-0.15, -0.1) is 0 Å². The molecule has 2 heterocycles. The Kier molecular flexibility index (Phi) is 7.79. The summed E-state index contributed by atoms with van der Waals surface area (Å²) >= 11 is 0. The molecule has 0 unspecified atom stereocenters. The van der Waals surface area contributed by atoms with Gasteiger partial charge in [-0.05, 0) is 48.9 Å². The minimum Gasteiger partial charge on any atom is -0.493 e. The third-order valence-corrected chi connectivity index (χ3v) is 6.85. The summed E-state index contributed by atoms with van der Waals surface area (Å²) in [5, 5.41) is 22.3. The van der Waals surface area contributed by atoms with Gasteiger partial charge in [-0.3, -0.25) is 10.3 Å². The molecule has 40 heavy (non-hydrogen) atoms. The first-order valence-corrected chi connectivity index (χ1v) is 13.2. The molecule has 0 aliphatic rings. The monoisotopic (exact) mass is 535 g/mol. The van der Waals surface area contributed by atoms with Crippen LogP contribution in [0.25, 0.3) is 16.5 Å². The Morgan fingerprint density at radius 2 is 1.68 bits per heavy atom. The van der Waals surface area contributed by atoms with Crippen molar-refractivity contribution in [3.63, 3.8) is 0 Å². The predicted octanol–water partition coefficient (Wildman–Crippen LogP) is 6.26. The van der Waals surface area contributed by atoms with Gasteiger partial charge < -0.3 is 15.2 Å². The first-order chi connectivity index (χ1) is 19.3. The maximum absolute atomic E-state index is 13.3. The standard InChI is InChI=1S/C32H33N5O3/c1-22-8-10-24(11-9-22)37-30(20-29(36-37)32(2,3)21-38)35-31(39)34-27-12-13-28(26-7-5-4-6-25(26)27)40-19-16-23-14-17-33-18-15-23/h4-15,17-18,20,38H,16,19,21H2,1-3H3,(H2,34,35,39). The molecular weight excluding hydrogens is 502 g/mol. The zero-order chi connectivity index (χ0) is 28.1. The molecular formula is C32H33N5O3. The van der Waals surface area contributed by atoms with E-state index in [1.54, 1.807) is 23.1 Å². The fourth-order valence-corrected chi connectivity index (χ4v) is 4.37. The number of hydrogen-bond donors (Lipinski definition) is 3. The highest BCUT2D eigenvalue weighted by Crippen LogP contribution is 2.32. The predicted molar refractivity (Wildman–Crippen MR) is 158 cm³/mol. The van der Waals surface area contributed by atoms with Crippen LogP contribution in [0.15, 0.2) is 91.3 Å². The van der Waals surface area contributed by atoms with Gasteiger partial charge in [0.2, 0.25) is 0 Å². The minimum atomic E-state index is -0.577. The van der Waals surface area contributed by atoms with E-state index in [0.717, 1.165) is 39.8 Å². The van der Waals surface area contributed by atoms with Gasteiger partial charge in [0.05, 0.1) is 30.3 Å². The maximum atomic E-state index is 13.3. The van der Waals surface area contributed by atoms with Crippen LogP contribution >= 0.6 is 0 Å². The first-order valence-electron chi connectivity index (χ1n) is 13.2. The van der Waals surface area contributed by atoms with Gasteiger partial charge in [0.1, 0.15) is 11.6 Å². The molecule has 0 aliphatic carbocycles. The molecule has 5 aromatic rings. The van der Waals surface area contributed by atoms with E-state index < -0.39 is 11.4 Å². The van der Waals surface area contributed by atoms with Crippen molar-refractivity contribution in [3.8, 4) is 11.4 Å². The average molecular weight is 536 g/mol. The fraction of sp³-hybridized carbons (Fsp3) is 0.219. The molecule has 0 aliphatic heterocycles. The number of anilines is 2. The zero-order valence-electron chi connectivity index (χ0n) is 22.9. The van der Waals surface area contributed by atoms with Crippen molar-refractivity contribution >= 4 is 28.3 Å². The van der Waals surface area contributed by atoms with Crippen molar-refractivity contribution in [2.24, 2.45) is 0 Å². The van der Waals surface area contributed by atoms with Crippen LogP contribution in [0.4, 0.5) is 16.3 Å². The molecule has 0 spiro atoms. The Balaban J connectivity index is 1.36. The molecule has 0 fully saturated rings. The summed E-state index contributed by atoms with van der Waals surface area (Å²) in [6.45, 7) is 6.28. The van der Waals surface area contributed by atoms with E-state index in [-0.39, 0.29) is 6.61 Å². The highest BCUT2D eigenvalue weighted by Gasteiger charge is 2.25. The highest BCUT2D eigenvalue weighted by molar-refractivity contribution is 6.07. The van der Waals surface area contributed by atoms with Gasteiger partial charge in [0.25, 0.3) is 0 Å². The van der Waals surface area contributed by atoms with E-state index in [0.29, 0.717) is 23.8 Å². The normalized spacial score (nSPS) is 11.4. The fourth-order valence-electron chi connectivity index (χ4n) is 4.37. The lowest BCUT2D eigenvalue weighted by Gasteiger charge is -2.18. The van der Waals surface area contributed by atoms with E-state index in [9.17, 15) is 9.90 Å². The lowest BCUT2D eigenvalue weighted by Crippen LogP contribution is -2.22. The lowest BCUT2D eigenvalue weighted by molar-refractivity contribution is 0.215. The maximum Gasteiger partial charge on any atom is 0.324 e. The van der Waals surface area contributed by atoms with Crippen LogP contribution in [-0.2, 0) is 11.8 Å². The zero-order valence-corrected chi connectivity index (χ0v) is 22.9. The molecule has 2 amide bonds. The van der Waals surface area contributed by atoms with Gasteiger partial charge in [0, 0.05) is 41.1 Å². The van der Waals surface area contributed by atoms with Crippen molar-refractivity contribution in [1.82, 2.24) is 14.8 Å². The Morgan fingerprint density at radius 3 is 2.40 bits per heavy atom. The summed E-state index contributed by atoms with van der Waals surface area (Å²) < 4.78 is 7.80. The number of aliphatic hydroxyl groups excluding tert-OH is 1.